The Hall–Kier alpha value is -2.98. The summed E-state index contributed by atoms with van der Waals surface area (Å²) in [7, 11) is 0. The van der Waals surface area contributed by atoms with E-state index in [0.29, 0.717) is 6.04 Å². The summed E-state index contributed by atoms with van der Waals surface area (Å²) in [5, 5.41) is 7.17. The molecular weight excluding hydrogens is 358 g/mol. The van der Waals surface area contributed by atoms with Gasteiger partial charge in [-0.05, 0) is 78.4 Å². The molecule has 4 rings (SSSR count). The molecule has 1 atom stereocenters. The molecule has 0 amide bonds. The van der Waals surface area contributed by atoms with E-state index in [1.165, 1.54) is 41.2 Å². The first kappa shape index (κ1) is 19.3. The topological polar surface area (TPSA) is 57.8 Å². The van der Waals surface area contributed by atoms with E-state index in [4.69, 9.17) is 0 Å². The summed E-state index contributed by atoms with van der Waals surface area (Å²) in [6, 6.07) is 18.9. The number of fused-ring (bicyclic) bond motifs is 2. The second kappa shape index (κ2) is 9.01. The zero-order valence-electron chi connectivity index (χ0n) is 16.8. The number of unbranched alkanes of at least 4 members (excludes halogenated alkanes) is 1. The molecule has 2 heterocycles. The molecule has 0 aliphatic carbocycles. The number of hydrogen-bond acceptors (Lipinski definition) is 3. The molecule has 29 heavy (non-hydrogen) atoms. The Labute approximate surface area is 171 Å². The number of pyridine rings is 2. The van der Waals surface area contributed by atoms with E-state index in [2.05, 4.69) is 58.6 Å². The summed E-state index contributed by atoms with van der Waals surface area (Å²) in [4.78, 5) is 18.4. The number of aromatic nitrogens is 2. The minimum Gasteiger partial charge on any atom is -0.322 e. The summed E-state index contributed by atoms with van der Waals surface area (Å²) in [6.07, 6.45) is 8.35. The smallest absolute Gasteiger partial charge is 0.248 e. The SMILES string of the molecule is C[C@H](CCCCc1ccc2[nH]c(=O)ccc2c1)NCc1ccc2cnccc2c1. The van der Waals surface area contributed by atoms with Gasteiger partial charge in [-0.3, -0.25) is 9.78 Å². The summed E-state index contributed by atoms with van der Waals surface area (Å²) in [5.74, 6) is 0. The number of hydrogen-bond donors (Lipinski definition) is 2. The van der Waals surface area contributed by atoms with Crippen LogP contribution in [-0.2, 0) is 13.0 Å². The van der Waals surface area contributed by atoms with Crippen LogP contribution in [0.3, 0.4) is 0 Å². The minimum absolute atomic E-state index is 0.0487. The molecule has 0 aliphatic rings. The zero-order chi connectivity index (χ0) is 20.1. The highest BCUT2D eigenvalue weighted by Crippen LogP contribution is 2.16. The fourth-order valence-corrected chi connectivity index (χ4v) is 3.78. The van der Waals surface area contributed by atoms with Crippen LogP contribution in [0, 0.1) is 0 Å². The second-order valence-corrected chi connectivity index (χ2v) is 7.83. The molecule has 2 aromatic heterocycles. The summed E-state index contributed by atoms with van der Waals surface area (Å²) < 4.78 is 0. The van der Waals surface area contributed by atoms with Gasteiger partial charge in [0, 0.05) is 41.9 Å². The zero-order valence-corrected chi connectivity index (χ0v) is 16.8. The van der Waals surface area contributed by atoms with Crippen LogP contribution in [0.25, 0.3) is 21.7 Å². The molecule has 4 aromatic rings. The lowest BCUT2D eigenvalue weighted by atomic mass is 10.0. The fraction of sp³-hybridized carbons (Fsp3) is 0.280. The van der Waals surface area contributed by atoms with Crippen LogP contribution in [0.5, 0.6) is 0 Å². The molecule has 148 valence electrons. The van der Waals surface area contributed by atoms with Crippen molar-refractivity contribution in [3.05, 3.63) is 88.5 Å². The number of aromatic amines is 1. The largest absolute Gasteiger partial charge is 0.322 e. The van der Waals surface area contributed by atoms with Gasteiger partial charge < -0.3 is 10.3 Å². The van der Waals surface area contributed by atoms with Gasteiger partial charge in [-0.1, -0.05) is 24.6 Å². The lowest BCUT2D eigenvalue weighted by Crippen LogP contribution is -2.25. The van der Waals surface area contributed by atoms with Gasteiger partial charge in [-0.25, -0.2) is 0 Å². The van der Waals surface area contributed by atoms with Crippen molar-refractivity contribution in [2.45, 2.75) is 45.2 Å². The Kier molecular flexibility index (Phi) is 6.01. The summed E-state index contributed by atoms with van der Waals surface area (Å²) in [5.41, 5.74) is 3.50. The van der Waals surface area contributed by atoms with Crippen molar-refractivity contribution in [3.63, 3.8) is 0 Å². The monoisotopic (exact) mass is 385 g/mol. The van der Waals surface area contributed by atoms with E-state index in [9.17, 15) is 4.79 Å². The van der Waals surface area contributed by atoms with E-state index >= 15 is 0 Å². The predicted molar refractivity (Wildman–Crippen MR) is 120 cm³/mol. The molecule has 2 aromatic carbocycles. The van der Waals surface area contributed by atoms with Crippen molar-refractivity contribution in [1.82, 2.24) is 15.3 Å². The Balaban J connectivity index is 1.22. The number of H-pyrrole nitrogens is 1. The fourth-order valence-electron chi connectivity index (χ4n) is 3.78. The van der Waals surface area contributed by atoms with Crippen LogP contribution in [0.4, 0.5) is 0 Å². The summed E-state index contributed by atoms with van der Waals surface area (Å²) in [6.45, 7) is 3.15. The lowest BCUT2D eigenvalue weighted by Gasteiger charge is -2.14. The third-order valence-corrected chi connectivity index (χ3v) is 5.50. The maximum Gasteiger partial charge on any atom is 0.248 e. The molecule has 4 nitrogen and oxygen atoms in total. The molecule has 0 radical (unpaired) electrons. The molecule has 0 spiro atoms. The number of nitrogens with zero attached hydrogens (tertiary/aromatic N) is 1. The van der Waals surface area contributed by atoms with Gasteiger partial charge in [0.25, 0.3) is 0 Å². The molecule has 0 aliphatic heterocycles. The van der Waals surface area contributed by atoms with Crippen LogP contribution in [0.15, 0.2) is 71.8 Å². The Bertz CT molecular complexity index is 1170. The normalized spacial score (nSPS) is 12.4. The van der Waals surface area contributed by atoms with Crippen LogP contribution in [0.2, 0.25) is 0 Å². The first-order valence-electron chi connectivity index (χ1n) is 10.4. The minimum atomic E-state index is -0.0487. The molecule has 4 heteroatoms. The van der Waals surface area contributed by atoms with Gasteiger partial charge in [0.2, 0.25) is 5.56 Å². The molecule has 0 fully saturated rings. The Morgan fingerprint density at radius 1 is 0.931 bits per heavy atom. The van der Waals surface area contributed by atoms with Gasteiger partial charge in [-0.2, -0.15) is 0 Å². The second-order valence-electron chi connectivity index (χ2n) is 7.83. The number of rotatable bonds is 8. The van der Waals surface area contributed by atoms with Gasteiger partial charge in [0.05, 0.1) is 0 Å². The molecule has 0 saturated carbocycles. The van der Waals surface area contributed by atoms with E-state index in [0.717, 1.165) is 23.9 Å². The van der Waals surface area contributed by atoms with E-state index in [1.807, 2.05) is 24.5 Å². The maximum absolute atomic E-state index is 11.4. The Morgan fingerprint density at radius 2 is 1.76 bits per heavy atom. The van der Waals surface area contributed by atoms with E-state index in [-0.39, 0.29) is 5.56 Å². The third-order valence-electron chi connectivity index (χ3n) is 5.50. The molecular formula is C25H27N3O. The van der Waals surface area contributed by atoms with Crippen LogP contribution < -0.4 is 10.9 Å². The number of nitrogens with one attached hydrogen (secondary N) is 2. The third kappa shape index (κ3) is 5.09. The van der Waals surface area contributed by atoms with Crippen molar-refractivity contribution < 1.29 is 0 Å². The number of benzene rings is 2. The van der Waals surface area contributed by atoms with Crippen LogP contribution in [-0.4, -0.2) is 16.0 Å². The highest BCUT2D eigenvalue weighted by atomic mass is 16.1. The quantitative estimate of drug-likeness (QED) is 0.421. The first-order valence-corrected chi connectivity index (χ1v) is 10.4. The van der Waals surface area contributed by atoms with Crippen molar-refractivity contribution in [1.29, 1.82) is 0 Å². The Morgan fingerprint density at radius 3 is 2.69 bits per heavy atom. The average Bonchev–Trinajstić information content (AvgIpc) is 2.75. The molecule has 2 N–H and O–H groups in total. The molecule has 0 bridgehead atoms. The van der Waals surface area contributed by atoms with Gasteiger partial charge >= 0.3 is 0 Å². The number of aryl methyl sites for hydroxylation is 1. The predicted octanol–water partition coefficient (Wildman–Crippen LogP) is 4.97. The highest BCUT2D eigenvalue weighted by molar-refractivity contribution is 5.82. The summed E-state index contributed by atoms with van der Waals surface area (Å²) >= 11 is 0. The average molecular weight is 386 g/mol. The van der Waals surface area contributed by atoms with E-state index < -0.39 is 0 Å². The van der Waals surface area contributed by atoms with Crippen LogP contribution in [0.1, 0.15) is 37.3 Å². The van der Waals surface area contributed by atoms with Crippen molar-refractivity contribution in [2.75, 3.05) is 0 Å². The van der Waals surface area contributed by atoms with Crippen LogP contribution >= 0.6 is 0 Å². The maximum atomic E-state index is 11.4. The van der Waals surface area contributed by atoms with Gasteiger partial charge in [0.15, 0.2) is 0 Å². The van der Waals surface area contributed by atoms with Crippen molar-refractivity contribution in [3.8, 4) is 0 Å². The van der Waals surface area contributed by atoms with Crippen molar-refractivity contribution in [2.24, 2.45) is 0 Å². The van der Waals surface area contributed by atoms with Gasteiger partial charge in [0.1, 0.15) is 0 Å². The standard InChI is InChI=1S/C25H27N3O/c1-18(27-16-20-6-8-23-17-26-13-12-21(23)15-20)4-2-3-5-19-7-10-24-22(14-19)9-11-25(29)28-24/h6-15,17-18,27H,2-5,16H2,1H3,(H,28,29)/t18-/m1/s1. The molecule has 0 unspecified atom stereocenters. The van der Waals surface area contributed by atoms with E-state index in [1.54, 1.807) is 6.07 Å². The highest BCUT2D eigenvalue weighted by Gasteiger charge is 2.04. The molecule has 0 saturated heterocycles. The lowest BCUT2D eigenvalue weighted by molar-refractivity contribution is 0.489. The van der Waals surface area contributed by atoms with Gasteiger partial charge in [-0.15, -0.1) is 0 Å². The first-order chi connectivity index (χ1) is 14.2. The van der Waals surface area contributed by atoms with Crippen molar-refractivity contribution >= 4 is 21.7 Å².